The molecule has 2 aromatic rings. The lowest BCUT2D eigenvalue weighted by Gasteiger charge is -2.21. The summed E-state index contributed by atoms with van der Waals surface area (Å²) in [6.45, 7) is 2.62. The third-order valence-corrected chi connectivity index (χ3v) is 4.49. The topological polar surface area (TPSA) is 71.1 Å². The molecular weight excluding hydrogens is 360 g/mol. The highest BCUT2D eigenvalue weighted by Gasteiger charge is 2.22. The molecule has 1 aliphatic rings. The van der Waals surface area contributed by atoms with Crippen molar-refractivity contribution in [1.29, 1.82) is 0 Å². The Balaban J connectivity index is 1.63. The van der Waals surface area contributed by atoms with Crippen molar-refractivity contribution in [1.82, 2.24) is 0 Å². The van der Waals surface area contributed by atoms with E-state index in [9.17, 15) is 9.59 Å². The molecule has 0 spiro atoms. The molecular formula is C22H24O6. The van der Waals surface area contributed by atoms with Crippen LogP contribution in [0.5, 0.6) is 17.2 Å². The van der Waals surface area contributed by atoms with Crippen molar-refractivity contribution in [3.8, 4) is 17.2 Å². The summed E-state index contributed by atoms with van der Waals surface area (Å²) < 4.78 is 21.5. The first-order chi connectivity index (χ1) is 13.6. The van der Waals surface area contributed by atoms with E-state index in [1.165, 1.54) is 24.8 Å². The number of unbranched alkanes of at least 4 members (excludes halogenated alkanes) is 1. The highest BCUT2D eigenvalue weighted by Crippen LogP contribution is 2.40. The fourth-order valence-electron chi connectivity index (χ4n) is 2.93. The van der Waals surface area contributed by atoms with E-state index in [0.29, 0.717) is 36.0 Å². The average molecular weight is 384 g/mol. The van der Waals surface area contributed by atoms with Crippen LogP contribution in [-0.2, 0) is 11.2 Å². The number of esters is 1. The Morgan fingerprint density at radius 2 is 1.79 bits per heavy atom. The monoisotopic (exact) mass is 384 g/mol. The van der Waals surface area contributed by atoms with E-state index in [-0.39, 0.29) is 18.0 Å². The van der Waals surface area contributed by atoms with Crippen LogP contribution in [0.3, 0.4) is 0 Å². The summed E-state index contributed by atoms with van der Waals surface area (Å²) in [4.78, 5) is 24.7. The number of rotatable bonds is 8. The van der Waals surface area contributed by atoms with Gasteiger partial charge in [0, 0.05) is 5.56 Å². The van der Waals surface area contributed by atoms with Crippen LogP contribution >= 0.6 is 0 Å². The van der Waals surface area contributed by atoms with Crippen molar-refractivity contribution in [3.63, 3.8) is 0 Å². The Labute approximate surface area is 164 Å². The number of aryl methyl sites for hydroxylation is 1. The van der Waals surface area contributed by atoms with Gasteiger partial charge in [0.2, 0.25) is 5.75 Å². The largest absolute Gasteiger partial charge is 0.493 e. The number of benzene rings is 2. The van der Waals surface area contributed by atoms with Crippen molar-refractivity contribution < 1.29 is 28.5 Å². The third-order valence-electron chi connectivity index (χ3n) is 4.49. The fraction of sp³-hybridized carbons (Fsp3) is 0.364. The predicted octanol–water partition coefficient (Wildman–Crippen LogP) is 3.85. The van der Waals surface area contributed by atoms with Gasteiger partial charge in [-0.1, -0.05) is 37.6 Å². The van der Waals surface area contributed by atoms with Crippen molar-refractivity contribution in [2.24, 2.45) is 0 Å². The Morgan fingerprint density at radius 3 is 2.50 bits per heavy atom. The summed E-state index contributed by atoms with van der Waals surface area (Å²) in [5, 5.41) is 0. The molecule has 0 bridgehead atoms. The SMILES string of the molecule is CCCCc1ccc(C(=O)COC(=O)c2cc(OC)c3c(c2)OCCO3)cc1. The van der Waals surface area contributed by atoms with Crippen LogP contribution in [0.25, 0.3) is 0 Å². The molecule has 0 unspecified atom stereocenters. The summed E-state index contributed by atoms with van der Waals surface area (Å²) in [7, 11) is 1.48. The minimum atomic E-state index is -0.622. The maximum atomic E-state index is 12.4. The molecule has 0 amide bonds. The summed E-state index contributed by atoms with van der Waals surface area (Å²) in [5.74, 6) is 0.400. The smallest absolute Gasteiger partial charge is 0.338 e. The highest BCUT2D eigenvalue weighted by molar-refractivity contribution is 5.99. The molecule has 0 saturated carbocycles. The molecule has 2 aromatic carbocycles. The predicted molar refractivity (Wildman–Crippen MR) is 104 cm³/mol. The molecule has 0 N–H and O–H groups in total. The summed E-state index contributed by atoms with van der Waals surface area (Å²) in [5.41, 5.74) is 1.95. The van der Waals surface area contributed by atoms with E-state index >= 15 is 0 Å². The van der Waals surface area contributed by atoms with E-state index in [0.717, 1.165) is 19.3 Å². The van der Waals surface area contributed by atoms with Crippen molar-refractivity contribution in [3.05, 3.63) is 53.1 Å². The number of hydrogen-bond donors (Lipinski definition) is 0. The maximum absolute atomic E-state index is 12.4. The molecule has 0 atom stereocenters. The van der Waals surface area contributed by atoms with Crippen molar-refractivity contribution in [2.45, 2.75) is 26.2 Å². The summed E-state index contributed by atoms with van der Waals surface area (Å²) in [6.07, 6.45) is 3.23. The molecule has 6 nitrogen and oxygen atoms in total. The Kier molecular flexibility index (Phi) is 6.53. The number of hydrogen-bond acceptors (Lipinski definition) is 6. The molecule has 0 saturated heterocycles. The molecule has 6 heteroatoms. The Hall–Kier alpha value is -3.02. The van der Waals surface area contributed by atoms with Crippen LogP contribution in [0.4, 0.5) is 0 Å². The minimum absolute atomic E-state index is 0.240. The number of Topliss-reactive ketones (excluding diaryl/α,β-unsaturated/α-hetero) is 1. The van der Waals surface area contributed by atoms with Crippen molar-refractivity contribution >= 4 is 11.8 Å². The molecule has 1 heterocycles. The normalized spacial score (nSPS) is 12.4. The standard InChI is InChI=1S/C22H24O6/c1-3-4-5-15-6-8-16(9-7-15)18(23)14-28-22(24)17-12-19(25-2)21-20(13-17)26-10-11-27-21/h6-9,12-13H,3-5,10-11,14H2,1-2H3. The molecule has 28 heavy (non-hydrogen) atoms. The van der Waals surface area contributed by atoms with Gasteiger partial charge in [-0.3, -0.25) is 4.79 Å². The summed E-state index contributed by atoms with van der Waals surface area (Å²) >= 11 is 0. The Bertz CT molecular complexity index is 824. The second-order valence-electron chi connectivity index (χ2n) is 6.50. The molecule has 1 aliphatic heterocycles. The van der Waals surface area contributed by atoms with E-state index < -0.39 is 5.97 Å². The first-order valence-electron chi connectivity index (χ1n) is 9.39. The Morgan fingerprint density at radius 1 is 1.04 bits per heavy atom. The average Bonchev–Trinajstić information content (AvgIpc) is 2.75. The molecule has 0 radical (unpaired) electrons. The number of ketones is 1. The minimum Gasteiger partial charge on any atom is -0.493 e. The second-order valence-corrected chi connectivity index (χ2v) is 6.50. The van der Waals surface area contributed by atoms with Gasteiger partial charge in [0.25, 0.3) is 0 Å². The van der Waals surface area contributed by atoms with Gasteiger partial charge >= 0.3 is 5.97 Å². The lowest BCUT2D eigenvalue weighted by atomic mass is 10.0. The fourth-order valence-corrected chi connectivity index (χ4v) is 2.93. The first kappa shape index (κ1) is 19.7. The lowest BCUT2D eigenvalue weighted by Crippen LogP contribution is -2.18. The van der Waals surface area contributed by atoms with Gasteiger partial charge in [-0.25, -0.2) is 4.79 Å². The highest BCUT2D eigenvalue weighted by atomic mass is 16.6. The number of carbonyl (C=O) groups excluding carboxylic acids is 2. The van der Waals surface area contributed by atoms with E-state index in [2.05, 4.69) is 6.92 Å². The van der Waals surface area contributed by atoms with E-state index in [1.54, 1.807) is 12.1 Å². The number of fused-ring (bicyclic) bond motifs is 1. The third kappa shape index (κ3) is 4.63. The molecule has 3 rings (SSSR count). The van der Waals surface area contributed by atoms with Crippen LogP contribution in [-0.4, -0.2) is 38.7 Å². The van der Waals surface area contributed by atoms with Gasteiger partial charge in [-0.05, 0) is 30.5 Å². The van der Waals surface area contributed by atoms with Gasteiger partial charge in [0.05, 0.1) is 12.7 Å². The van der Waals surface area contributed by atoms with Gasteiger partial charge in [0.15, 0.2) is 23.9 Å². The van der Waals surface area contributed by atoms with E-state index in [4.69, 9.17) is 18.9 Å². The van der Waals surface area contributed by atoms with Crippen LogP contribution in [0.15, 0.2) is 36.4 Å². The second kappa shape index (κ2) is 9.26. The molecule has 0 fully saturated rings. The molecule has 0 aromatic heterocycles. The van der Waals surface area contributed by atoms with Crippen LogP contribution in [0, 0.1) is 0 Å². The molecule has 0 aliphatic carbocycles. The zero-order valence-electron chi connectivity index (χ0n) is 16.2. The summed E-state index contributed by atoms with van der Waals surface area (Å²) in [6, 6.07) is 10.5. The van der Waals surface area contributed by atoms with Crippen LogP contribution in [0.2, 0.25) is 0 Å². The quantitative estimate of drug-likeness (QED) is 0.509. The maximum Gasteiger partial charge on any atom is 0.338 e. The molecule has 148 valence electrons. The zero-order valence-corrected chi connectivity index (χ0v) is 16.2. The lowest BCUT2D eigenvalue weighted by molar-refractivity contribution is 0.0473. The van der Waals surface area contributed by atoms with Gasteiger partial charge < -0.3 is 18.9 Å². The van der Waals surface area contributed by atoms with Gasteiger partial charge in [-0.15, -0.1) is 0 Å². The van der Waals surface area contributed by atoms with Crippen molar-refractivity contribution in [2.75, 3.05) is 26.9 Å². The van der Waals surface area contributed by atoms with E-state index in [1.807, 2.05) is 12.1 Å². The van der Waals surface area contributed by atoms with Gasteiger partial charge in [-0.2, -0.15) is 0 Å². The zero-order chi connectivity index (χ0) is 19.9. The van der Waals surface area contributed by atoms with Crippen LogP contribution < -0.4 is 14.2 Å². The number of ether oxygens (including phenoxy) is 4. The number of carbonyl (C=O) groups is 2. The van der Waals surface area contributed by atoms with Crippen LogP contribution in [0.1, 0.15) is 46.0 Å². The number of methoxy groups -OCH3 is 1. The van der Waals surface area contributed by atoms with Gasteiger partial charge in [0.1, 0.15) is 13.2 Å². The first-order valence-corrected chi connectivity index (χ1v) is 9.39.